The number of rotatable bonds is 3. The van der Waals surface area contributed by atoms with Gasteiger partial charge in [0.15, 0.2) is 0 Å². The summed E-state index contributed by atoms with van der Waals surface area (Å²) in [5.74, 6) is 0.727. The molecule has 2 rings (SSSR count). The molecule has 0 unspecified atom stereocenters. The van der Waals surface area contributed by atoms with Crippen molar-refractivity contribution in [3.8, 4) is 0 Å². The number of aryl methyl sites for hydroxylation is 1. The van der Waals surface area contributed by atoms with Gasteiger partial charge in [0.1, 0.15) is 0 Å². The van der Waals surface area contributed by atoms with Gasteiger partial charge in [-0.2, -0.15) is 0 Å². The number of anilines is 1. The monoisotopic (exact) mass is 203 g/mol. The Balaban J connectivity index is 2.38. The lowest BCUT2D eigenvalue weighted by Gasteiger charge is -2.24. The Hall–Kier alpha value is -0.980. The van der Waals surface area contributed by atoms with Crippen molar-refractivity contribution in [3.05, 3.63) is 29.3 Å². The summed E-state index contributed by atoms with van der Waals surface area (Å²) >= 11 is 0. The number of hydrogen-bond donors (Lipinski definition) is 1. The summed E-state index contributed by atoms with van der Waals surface area (Å²) in [6.07, 6.45) is 5.01. The molecule has 1 aromatic rings. The molecule has 82 valence electrons. The quantitative estimate of drug-likeness (QED) is 0.784. The van der Waals surface area contributed by atoms with Gasteiger partial charge in [0, 0.05) is 12.2 Å². The summed E-state index contributed by atoms with van der Waals surface area (Å²) in [5.41, 5.74) is 4.50. The fourth-order valence-electron chi connectivity index (χ4n) is 2.60. The SMILES string of the molecule is CCC(CC)c1cccc2c1NCCC2. The van der Waals surface area contributed by atoms with E-state index in [0.717, 1.165) is 12.5 Å². The lowest BCUT2D eigenvalue weighted by molar-refractivity contribution is 0.639. The van der Waals surface area contributed by atoms with Crippen molar-refractivity contribution in [1.29, 1.82) is 0 Å². The number of fused-ring (bicyclic) bond motifs is 1. The van der Waals surface area contributed by atoms with Crippen LogP contribution in [0.2, 0.25) is 0 Å². The first-order valence-electron chi connectivity index (χ1n) is 6.22. The number of para-hydroxylation sites is 1. The fraction of sp³-hybridized carbons (Fsp3) is 0.571. The second-order valence-corrected chi connectivity index (χ2v) is 4.43. The van der Waals surface area contributed by atoms with Crippen molar-refractivity contribution in [2.45, 2.75) is 45.4 Å². The average Bonchev–Trinajstić information content (AvgIpc) is 2.31. The van der Waals surface area contributed by atoms with Gasteiger partial charge < -0.3 is 5.32 Å². The minimum Gasteiger partial charge on any atom is -0.385 e. The highest BCUT2D eigenvalue weighted by Gasteiger charge is 2.16. The van der Waals surface area contributed by atoms with Gasteiger partial charge in [-0.05, 0) is 42.7 Å². The Bertz CT molecular complexity index is 326. The Morgan fingerprint density at radius 1 is 1.27 bits per heavy atom. The lowest BCUT2D eigenvalue weighted by atomic mass is 9.88. The normalized spacial score (nSPS) is 14.9. The minimum absolute atomic E-state index is 0.727. The molecule has 1 heteroatoms. The molecule has 0 fully saturated rings. The van der Waals surface area contributed by atoms with Crippen molar-refractivity contribution in [1.82, 2.24) is 0 Å². The maximum absolute atomic E-state index is 3.58. The van der Waals surface area contributed by atoms with E-state index in [-0.39, 0.29) is 0 Å². The summed E-state index contributed by atoms with van der Waals surface area (Å²) in [6, 6.07) is 6.79. The molecule has 1 heterocycles. The van der Waals surface area contributed by atoms with Gasteiger partial charge in [-0.15, -0.1) is 0 Å². The highest BCUT2D eigenvalue weighted by atomic mass is 14.9. The molecular weight excluding hydrogens is 182 g/mol. The van der Waals surface area contributed by atoms with Gasteiger partial charge in [0.05, 0.1) is 0 Å². The van der Waals surface area contributed by atoms with Crippen LogP contribution in [0.3, 0.4) is 0 Å². The van der Waals surface area contributed by atoms with E-state index in [1.807, 2.05) is 0 Å². The van der Waals surface area contributed by atoms with Gasteiger partial charge in [-0.25, -0.2) is 0 Å². The Kier molecular flexibility index (Phi) is 3.30. The second-order valence-electron chi connectivity index (χ2n) is 4.43. The third-order valence-corrected chi connectivity index (χ3v) is 3.53. The van der Waals surface area contributed by atoms with Crippen molar-refractivity contribution in [2.24, 2.45) is 0 Å². The van der Waals surface area contributed by atoms with Crippen molar-refractivity contribution >= 4 is 5.69 Å². The van der Waals surface area contributed by atoms with E-state index in [0.29, 0.717) is 0 Å². The van der Waals surface area contributed by atoms with E-state index in [9.17, 15) is 0 Å². The van der Waals surface area contributed by atoms with E-state index >= 15 is 0 Å². The smallest absolute Gasteiger partial charge is 0.0408 e. The summed E-state index contributed by atoms with van der Waals surface area (Å²) in [5, 5.41) is 3.58. The van der Waals surface area contributed by atoms with E-state index in [4.69, 9.17) is 0 Å². The molecule has 15 heavy (non-hydrogen) atoms. The minimum atomic E-state index is 0.727. The second kappa shape index (κ2) is 4.69. The molecule has 0 aromatic heterocycles. The molecule has 1 N–H and O–H groups in total. The predicted molar refractivity (Wildman–Crippen MR) is 66.6 cm³/mol. The van der Waals surface area contributed by atoms with Gasteiger partial charge in [0.2, 0.25) is 0 Å². The van der Waals surface area contributed by atoms with Crippen LogP contribution in [0.25, 0.3) is 0 Å². The standard InChI is InChI=1S/C14H21N/c1-3-11(4-2)13-9-5-7-12-8-6-10-15-14(12)13/h5,7,9,11,15H,3-4,6,8,10H2,1-2H3. The van der Waals surface area contributed by atoms with Crippen LogP contribution in [0.1, 0.15) is 50.2 Å². The van der Waals surface area contributed by atoms with Crippen molar-refractivity contribution < 1.29 is 0 Å². The lowest BCUT2D eigenvalue weighted by Crippen LogP contribution is -2.14. The first kappa shape index (κ1) is 10.5. The molecule has 0 amide bonds. The first-order chi connectivity index (χ1) is 7.36. The van der Waals surface area contributed by atoms with Crippen LogP contribution in [0, 0.1) is 0 Å². The molecular formula is C14H21N. The first-order valence-corrected chi connectivity index (χ1v) is 6.22. The molecule has 1 aliphatic rings. The number of hydrogen-bond acceptors (Lipinski definition) is 1. The Labute approximate surface area is 92.9 Å². The molecule has 1 nitrogen and oxygen atoms in total. The summed E-state index contributed by atoms with van der Waals surface area (Å²) in [6.45, 7) is 5.72. The third kappa shape index (κ3) is 2.01. The molecule has 0 atom stereocenters. The van der Waals surface area contributed by atoms with Crippen molar-refractivity contribution in [2.75, 3.05) is 11.9 Å². The highest BCUT2D eigenvalue weighted by molar-refractivity contribution is 5.60. The van der Waals surface area contributed by atoms with Gasteiger partial charge in [0.25, 0.3) is 0 Å². The summed E-state index contributed by atoms with van der Waals surface area (Å²) in [7, 11) is 0. The zero-order chi connectivity index (χ0) is 10.7. The zero-order valence-corrected chi connectivity index (χ0v) is 9.84. The molecule has 0 spiro atoms. The van der Waals surface area contributed by atoms with Crippen LogP contribution >= 0.6 is 0 Å². The maximum Gasteiger partial charge on any atom is 0.0408 e. The van der Waals surface area contributed by atoms with Crippen LogP contribution < -0.4 is 5.32 Å². The fourth-order valence-corrected chi connectivity index (χ4v) is 2.60. The Morgan fingerprint density at radius 3 is 2.80 bits per heavy atom. The summed E-state index contributed by atoms with van der Waals surface area (Å²) < 4.78 is 0. The van der Waals surface area contributed by atoms with Crippen LogP contribution in [0.4, 0.5) is 5.69 Å². The molecule has 1 aromatic carbocycles. The van der Waals surface area contributed by atoms with Crippen LogP contribution in [0.15, 0.2) is 18.2 Å². The third-order valence-electron chi connectivity index (χ3n) is 3.53. The molecule has 0 aliphatic carbocycles. The molecule has 0 saturated carbocycles. The van der Waals surface area contributed by atoms with Crippen molar-refractivity contribution in [3.63, 3.8) is 0 Å². The van der Waals surface area contributed by atoms with E-state index in [2.05, 4.69) is 37.4 Å². The van der Waals surface area contributed by atoms with Crippen LogP contribution in [0.5, 0.6) is 0 Å². The average molecular weight is 203 g/mol. The van der Waals surface area contributed by atoms with Crippen LogP contribution in [-0.2, 0) is 6.42 Å². The maximum atomic E-state index is 3.58. The Morgan fingerprint density at radius 2 is 2.07 bits per heavy atom. The molecule has 0 radical (unpaired) electrons. The van der Waals surface area contributed by atoms with E-state index in [1.165, 1.54) is 42.5 Å². The topological polar surface area (TPSA) is 12.0 Å². The number of nitrogens with one attached hydrogen (secondary N) is 1. The molecule has 0 bridgehead atoms. The largest absolute Gasteiger partial charge is 0.385 e. The predicted octanol–water partition coefficient (Wildman–Crippen LogP) is 3.95. The highest BCUT2D eigenvalue weighted by Crippen LogP contribution is 2.34. The summed E-state index contributed by atoms with van der Waals surface area (Å²) in [4.78, 5) is 0. The van der Waals surface area contributed by atoms with Gasteiger partial charge >= 0.3 is 0 Å². The molecule has 0 saturated heterocycles. The molecule has 1 aliphatic heterocycles. The van der Waals surface area contributed by atoms with E-state index in [1.54, 1.807) is 0 Å². The van der Waals surface area contributed by atoms with Crippen LogP contribution in [-0.4, -0.2) is 6.54 Å². The van der Waals surface area contributed by atoms with E-state index < -0.39 is 0 Å². The van der Waals surface area contributed by atoms with Gasteiger partial charge in [-0.1, -0.05) is 32.0 Å². The number of benzene rings is 1. The zero-order valence-electron chi connectivity index (χ0n) is 9.84. The van der Waals surface area contributed by atoms with Gasteiger partial charge in [-0.3, -0.25) is 0 Å².